The monoisotopic (exact) mass is 595 g/mol. The van der Waals surface area contributed by atoms with E-state index < -0.39 is 10.8 Å². The number of carbonyl (C=O) groups excluding carboxylic acids is 2. The van der Waals surface area contributed by atoms with Crippen molar-refractivity contribution in [1.29, 1.82) is 0 Å². The lowest BCUT2D eigenvalue weighted by molar-refractivity contribution is -0.133. The Balaban J connectivity index is 1.31. The molecule has 8 heteroatoms. The molecular formula is C33H36Cl2FN3O2. The molecule has 3 aromatic carbocycles. The number of nitrogens with zero attached hydrogens (tertiary/aromatic N) is 2. The molecule has 0 aromatic heterocycles. The second-order valence-corrected chi connectivity index (χ2v) is 12.5. The van der Waals surface area contributed by atoms with Gasteiger partial charge in [0.25, 0.3) is 0 Å². The summed E-state index contributed by atoms with van der Waals surface area (Å²) in [6.45, 7) is 3.48. The van der Waals surface area contributed by atoms with Gasteiger partial charge in [0.05, 0.1) is 27.0 Å². The molecule has 1 aliphatic heterocycles. The molecule has 0 radical (unpaired) electrons. The number of ketones is 1. The van der Waals surface area contributed by atoms with Crippen molar-refractivity contribution in [3.05, 3.63) is 105 Å². The quantitative estimate of drug-likeness (QED) is 0.313. The summed E-state index contributed by atoms with van der Waals surface area (Å²) in [5, 5.41) is 0.865. The fourth-order valence-corrected chi connectivity index (χ4v) is 7.00. The zero-order chi connectivity index (χ0) is 29.4. The van der Waals surface area contributed by atoms with Gasteiger partial charge < -0.3 is 10.6 Å². The van der Waals surface area contributed by atoms with Gasteiger partial charge in [0, 0.05) is 20.1 Å². The lowest BCUT2D eigenvalue weighted by Gasteiger charge is -2.44. The second kappa shape index (κ2) is 11.8. The number of hydrogen-bond acceptors (Lipinski definition) is 4. The van der Waals surface area contributed by atoms with E-state index in [1.165, 1.54) is 12.1 Å². The Hall–Kier alpha value is -2.77. The van der Waals surface area contributed by atoms with E-state index in [0.717, 1.165) is 29.7 Å². The molecule has 4 atom stereocenters. The Morgan fingerprint density at radius 2 is 1.71 bits per heavy atom. The Kier molecular flexibility index (Phi) is 8.58. The van der Waals surface area contributed by atoms with Crippen LogP contribution in [0.2, 0.25) is 10.0 Å². The summed E-state index contributed by atoms with van der Waals surface area (Å²) in [6, 6.07) is 21.6. The summed E-state index contributed by atoms with van der Waals surface area (Å²) in [5.41, 5.74) is 8.15. The van der Waals surface area contributed by atoms with E-state index in [1.807, 2.05) is 36.4 Å². The van der Waals surface area contributed by atoms with Crippen LogP contribution in [0.1, 0.15) is 49.3 Å². The first kappa shape index (κ1) is 29.7. The largest absolute Gasteiger partial charge is 0.341 e. The molecule has 2 aliphatic rings. The average Bonchev–Trinajstić information content (AvgIpc) is 3.70. The van der Waals surface area contributed by atoms with Crippen molar-refractivity contribution in [2.45, 2.75) is 56.1 Å². The van der Waals surface area contributed by atoms with Gasteiger partial charge in [-0.2, -0.15) is 0 Å². The van der Waals surface area contributed by atoms with Gasteiger partial charge in [-0.1, -0.05) is 71.7 Å². The highest BCUT2D eigenvalue weighted by molar-refractivity contribution is 6.42. The van der Waals surface area contributed by atoms with Crippen molar-refractivity contribution in [3.8, 4) is 0 Å². The zero-order valence-electron chi connectivity index (χ0n) is 23.5. The van der Waals surface area contributed by atoms with Crippen LogP contribution in [0, 0.1) is 11.7 Å². The molecule has 1 saturated carbocycles. The third kappa shape index (κ3) is 5.80. The topological polar surface area (TPSA) is 66.6 Å². The molecule has 2 N–H and O–H groups in total. The summed E-state index contributed by atoms with van der Waals surface area (Å²) in [7, 11) is 1.78. The van der Waals surface area contributed by atoms with E-state index in [1.54, 1.807) is 43.1 Å². The summed E-state index contributed by atoms with van der Waals surface area (Å²) in [6.07, 6.45) is 2.49. The van der Waals surface area contributed by atoms with Gasteiger partial charge in [0.2, 0.25) is 5.91 Å². The Morgan fingerprint density at radius 3 is 2.34 bits per heavy atom. The van der Waals surface area contributed by atoms with Gasteiger partial charge in [0.15, 0.2) is 0 Å². The molecule has 0 bridgehead atoms. The molecule has 216 valence electrons. The van der Waals surface area contributed by atoms with E-state index in [2.05, 4.69) is 4.90 Å². The molecule has 1 heterocycles. The minimum Gasteiger partial charge on any atom is -0.341 e. The maximum Gasteiger partial charge on any atom is 0.233 e. The maximum atomic E-state index is 14.0. The molecule has 2 fully saturated rings. The van der Waals surface area contributed by atoms with Crippen LogP contribution in [0.3, 0.4) is 0 Å². The molecule has 5 nitrogen and oxygen atoms in total. The van der Waals surface area contributed by atoms with Crippen LogP contribution in [0.15, 0.2) is 72.8 Å². The van der Waals surface area contributed by atoms with Crippen molar-refractivity contribution < 1.29 is 14.0 Å². The number of carbonyl (C=O) groups is 2. The Labute approximate surface area is 251 Å². The number of nitrogens with two attached hydrogens (primary N) is 1. The number of Topliss-reactive ketones (excluding diaryl/α,β-unsaturated/α-hetero) is 1. The van der Waals surface area contributed by atoms with Gasteiger partial charge in [-0.25, -0.2) is 4.39 Å². The van der Waals surface area contributed by atoms with E-state index >= 15 is 0 Å². The van der Waals surface area contributed by atoms with Gasteiger partial charge in [0.1, 0.15) is 11.6 Å². The molecule has 2 unspecified atom stereocenters. The fourth-order valence-electron chi connectivity index (χ4n) is 6.70. The van der Waals surface area contributed by atoms with Gasteiger partial charge >= 0.3 is 0 Å². The predicted octanol–water partition coefficient (Wildman–Crippen LogP) is 6.35. The van der Waals surface area contributed by atoms with Crippen molar-refractivity contribution in [1.82, 2.24) is 9.80 Å². The van der Waals surface area contributed by atoms with Crippen molar-refractivity contribution in [2.24, 2.45) is 11.7 Å². The van der Waals surface area contributed by atoms with Crippen LogP contribution in [0.25, 0.3) is 0 Å². The summed E-state index contributed by atoms with van der Waals surface area (Å²) < 4.78 is 13.4. The lowest BCUT2D eigenvalue weighted by atomic mass is 9.69. The van der Waals surface area contributed by atoms with Crippen LogP contribution < -0.4 is 5.73 Å². The van der Waals surface area contributed by atoms with Crippen molar-refractivity contribution >= 4 is 34.9 Å². The SMILES string of the molecule is CC(=O)C1(c2ccccc2)CCN(CC[C@H]2C[C@@]2(C(=O)N(C)Cc2ccc(F)cc2)c2ccc(Cl)c(Cl)c2)C(N)C1. The lowest BCUT2D eigenvalue weighted by Crippen LogP contribution is -2.55. The number of amides is 1. The molecule has 41 heavy (non-hydrogen) atoms. The maximum absolute atomic E-state index is 14.0. The number of hydrogen-bond donors (Lipinski definition) is 1. The molecule has 1 saturated heterocycles. The Bertz CT molecular complexity index is 1420. The summed E-state index contributed by atoms with van der Waals surface area (Å²) >= 11 is 12.6. The molecular weight excluding hydrogens is 560 g/mol. The van der Waals surface area contributed by atoms with Crippen LogP contribution in [0.5, 0.6) is 0 Å². The number of rotatable bonds is 9. The number of benzene rings is 3. The highest BCUT2D eigenvalue weighted by Gasteiger charge is 2.61. The first-order valence-electron chi connectivity index (χ1n) is 14.1. The van der Waals surface area contributed by atoms with Crippen LogP contribution in [-0.2, 0) is 27.0 Å². The van der Waals surface area contributed by atoms with E-state index in [4.69, 9.17) is 28.9 Å². The standard InChI is InChI=1S/C33H36Cl2FN3O2/c1-22(40)32(24-6-4-3-5-7-24)15-17-39(30(37)20-32)16-14-26-19-33(26,25-10-13-28(34)29(35)18-25)31(41)38(2)21-23-8-11-27(36)12-9-23/h3-13,18,26,30H,14-17,19-21,37H2,1-2H3/t26-,30?,32?,33+/m0/s1. The summed E-state index contributed by atoms with van der Waals surface area (Å²) in [4.78, 5) is 30.9. The highest BCUT2D eigenvalue weighted by atomic mass is 35.5. The van der Waals surface area contributed by atoms with Crippen LogP contribution in [-0.4, -0.2) is 47.8 Å². The number of likely N-dealkylation sites (tertiary alicyclic amines) is 1. The average molecular weight is 597 g/mol. The third-order valence-electron chi connectivity index (χ3n) is 9.22. The molecule has 1 aliphatic carbocycles. The van der Waals surface area contributed by atoms with Gasteiger partial charge in [-0.15, -0.1) is 0 Å². The normalized spacial score (nSPS) is 26.0. The van der Waals surface area contributed by atoms with Crippen LogP contribution in [0.4, 0.5) is 4.39 Å². The van der Waals surface area contributed by atoms with Crippen molar-refractivity contribution in [2.75, 3.05) is 20.1 Å². The van der Waals surface area contributed by atoms with Crippen molar-refractivity contribution in [3.63, 3.8) is 0 Å². The smallest absolute Gasteiger partial charge is 0.233 e. The molecule has 0 spiro atoms. The first-order chi connectivity index (χ1) is 19.6. The molecule has 1 amide bonds. The minimum atomic E-state index is -0.712. The third-order valence-corrected chi connectivity index (χ3v) is 9.96. The van der Waals surface area contributed by atoms with Gasteiger partial charge in [-0.05, 0) is 86.0 Å². The Morgan fingerprint density at radius 1 is 1.00 bits per heavy atom. The molecule has 5 rings (SSSR count). The van der Waals surface area contributed by atoms with E-state index in [9.17, 15) is 14.0 Å². The second-order valence-electron chi connectivity index (χ2n) is 11.6. The highest BCUT2D eigenvalue weighted by Crippen LogP contribution is 2.58. The first-order valence-corrected chi connectivity index (χ1v) is 14.8. The number of piperidine rings is 1. The van der Waals surface area contributed by atoms with Gasteiger partial charge in [-0.3, -0.25) is 14.5 Å². The number of halogens is 3. The molecule has 3 aromatic rings. The van der Waals surface area contributed by atoms with E-state index in [0.29, 0.717) is 42.4 Å². The fraction of sp³-hybridized carbons (Fsp3) is 0.394. The summed E-state index contributed by atoms with van der Waals surface area (Å²) in [5.74, 6) is -0.0523. The zero-order valence-corrected chi connectivity index (χ0v) is 25.0. The minimum absolute atomic E-state index is 0.00725. The number of likely N-dealkylation sites (N-methyl/N-ethyl adjacent to an activating group) is 1. The predicted molar refractivity (Wildman–Crippen MR) is 161 cm³/mol. The van der Waals surface area contributed by atoms with Crippen LogP contribution >= 0.6 is 23.2 Å². The van der Waals surface area contributed by atoms with E-state index in [-0.39, 0.29) is 29.6 Å².